The highest BCUT2D eigenvalue weighted by atomic mass is 35.5. The summed E-state index contributed by atoms with van der Waals surface area (Å²) in [5.41, 5.74) is 6.03. The van der Waals surface area contributed by atoms with Crippen molar-refractivity contribution in [2.75, 3.05) is 6.54 Å². The zero-order chi connectivity index (χ0) is 10.6. The van der Waals surface area contributed by atoms with Gasteiger partial charge in [0.25, 0.3) is 0 Å². The number of nitrogens with two attached hydrogens (primary N) is 1. The minimum Gasteiger partial charge on any atom is -0.388 e. The Morgan fingerprint density at radius 3 is 2.71 bits per heavy atom. The molecule has 0 fully saturated rings. The molecule has 1 aromatic rings. The van der Waals surface area contributed by atoms with E-state index in [0.717, 1.165) is 6.42 Å². The lowest BCUT2D eigenvalue weighted by Gasteiger charge is -2.12. The van der Waals surface area contributed by atoms with Crippen molar-refractivity contribution in [1.82, 2.24) is 0 Å². The zero-order valence-electron chi connectivity index (χ0n) is 7.71. The molecule has 1 aromatic carbocycles. The molecule has 14 heavy (non-hydrogen) atoms. The van der Waals surface area contributed by atoms with Crippen molar-refractivity contribution in [3.63, 3.8) is 0 Å². The molecule has 0 bridgehead atoms. The molecule has 0 saturated heterocycles. The van der Waals surface area contributed by atoms with Gasteiger partial charge < -0.3 is 10.8 Å². The Kier molecular flexibility index (Phi) is 4.69. The van der Waals surface area contributed by atoms with Crippen LogP contribution in [0.15, 0.2) is 18.2 Å². The summed E-state index contributed by atoms with van der Waals surface area (Å²) in [6.07, 6.45) is 0.797. The maximum atomic E-state index is 9.76. The van der Waals surface area contributed by atoms with Gasteiger partial charge in [-0.15, -0.1) is 0 Å². The van der Waals surface area contributed by atoms with Crippen molar-refractivity contribution in [2.45, 2.75) is 18.9 Å². The van der Waals surface area contributed by atoms with Gasteiger partial charge in [0.05, 0.1) is 6.10 Å². The molecule has 0 aromatic heterocycles. The molecule has 0 aliphatic rings. The number of aliphatic hydroxyl groups is 1. The number of aliphatic hydroxyl groups excluding tert-OH is 1. The average Bonchev–Trinajstić information content (AvgIpc) is 2.18. The van der Waals surface area contributed by atoms with Gasteiger partial charge in [-0.2, -0.15) is 0 Å². The van der Waals surface area contributed by atoms with Crippen LogP contribution in [0.25, 0.3) is 0 Å². The smallest absolute Gasteiger partial charge is 0.0805 e. The zero-order valence-corrected chi connectivity index (χ0v) is 9.22. The van der Waals surface area contributed by atoms with Gasteiger partial charge in [0.15, 0.2) is 0 Å². The summed E-state index contributed by atoms with van der Waals surface area (Å²) in [6, 6.07) is 5.07. The van der Waals surface area contributed by atoms with Gasteiger partial charge in [0, 0.05) is 15.6 Å². The first-order chi connectivity index (χ1) is 6.65. The fourth-order valence-electron chi connectivity index (χ4n) is 1.24. The van der Waals surface area contributed by atoms with E-state index < -0.39 is 6.10 Å². The molecule has 2 nitrogen and oxygen atoms in total. The van der Waals surface area contributed by atoms with Gasteiger partial charge in [-0.3, -0.25) is 0 Å². The Balaban J connectivity index is 2.77. The highest BCUT2D eigenvalue weighted by molar-refractivity contribution is 6.33. The monoisotopic (exact) mass is 233 g/mol. The van der Waals surface area contributed by atoms with Crippen molar-refractivity contribution in [3.05, 3.63) is 33.8 Å². The van der Waals surface area contributed by atoms with E-state index in [9.17, 15) is 5.11 Å². The molecule has 0 amide bonds. The van der Waals surface area contributed by atoms with E-state index >= 15 is 0 Å². The van der Waals surface area contributed by atoms with Crippen LogP contribution in [-0.4, -0.2) is 11.7 Å². The molecular weight excluding hydrogens is 221 g/mol. The third-order valence-electron chi connectivity index (χ3n) is 2.00. The maximum absolute atomic E-state index is 9.76. The van der Waals surface area contributed by atoms with Crippen molar-refractivity contribution in [3.8, 4) is 0 Å². The number of halogens is 2. The van der Waals surface area contributed by atoms with Crippen LogP contribution < -0.4 is 5.73 Å². The SMILES string of the molecule is NCCCC(O)c1cc(Cl)ccc1Cl. The summed E-state index contributed by atoms with van der Waals surface area (Å²) in [5.74, 6) is 0. The number of rotatable bonds is 4. The first-order valence-corrected chi connectivity index (χ1v) is 5.24. The Labute approximate surface area is 93.6 Å². The van der Waals surface area contributed by atoms with E-state index in [0.29, 0.717) is 28.6 Å². The second-order valence-corrected chi connectivity index (χ2v) is 3.96. The molecule has 0 spiro atoms. The molecule has 0 heterocycles. The molecule has 1 rings (SSSR count). The third-order valence-corrected chi connectivity index (χ3v) is 2.58. The fraction of sp³-hybridized carbons (Fsp3) is 0.400. The second-order valence-electron chi connectivity index (χ2n) is 3.11. The number of hydrogen-bond acceptors (Lipinski definition) is 2. The van der Waals surface area contributed by atoms with Crippen LogP contribution in [0.4, 0.5) is 0 Å². The molecule has 0 saturated carbocycles. The molecule has 0 aliphatic heterocycles. The Morgan fingerprint density at radius 2 is 2.07 bits per heavy atom. The molecule has 3 N–H and O–H groups in total. The van der Waals surface area contributed by atoms with E-state index in [1.807, 2.05) is 0 Å². The summed E-state index contributed by atoms with van der Waals surface area (Å²) < 4.78 is 0. The van der Waals surface area contributed by atoms with Crippen LogP contribution in [0.1, 0.15) is 24.5 Å². The van der Waals surface area contributed by atoms with E-state index in [1.54, 1.807) is 18.2 Å². The van der Waals surface area contributed by atoms with Gasteiger partial charge in [-0.05, 0) is 37.6 Å². The van der Waals surface area contributed by atoms with E-state index in [4.69, 9.17) is 28.9 Å². The summed E-state index contributed by atoms with van der Waals surface area (Å²) in [7, 11) is 0. The van der Waals surface area contributed by atoms with Crippen molar-refractivity contribution < 1.29 is 5.11 Å². The van der Waals surface area contributed by atoms with Crippen molar-refractivity contribution >= 4 is 23.2 Å². The van der Waals surface area contributed by atoms with Crippen LogP contribution in [0.3, 0.4) is 0 Å². The standard InChI is InChI=1S/C10H13Cl2NO/c11-7-3-4-9(12)8(6-7)10(14)2-1-5-13/h3-4,6,10,14H,1-2,5,13H2. The van der Waals surface area contributed by atoms with Crippen LogP contribution in [0.5, 0.6) is 0 Å². The van der Waals surface area contributed by atoms with Crippen LogP contribution >= 0.6 is 23.2 Å². The van der Waals surface area contributed by atoms with Gasteiger partial charge in [0.1, 0.15) is 0 Å². The van der Waals surface area contributed by atoms with Gasteiger partial charge >= 0.3 is 0 Å². The molecule has 1 unspecified atom stereocenters. The predicted octanol–water partition coefficient (Wildman–Crippen LogP) is 2.77. The largest absolute Gasteiger partial charge is 0.388 e. The Morgan fingerprint density at radius 1 is 1.36 bits per heavy atom. The molecule has 1 atom stereocenters. The molecule has 78 valence electrons. The average molecular weight is 234 g/mol. The molecule has 4 heteroatoms. The van der Waals surface area contributed by atoms with Crippen LogP contribution in [-0.2, 0) is 0 Å². The molecular formula is C10H13Cl2NO. The lowest BCUT2D eigenvalue weighted by molar-refractivity contribution is 0.165. The van der Waals surface area contributed by atoms with E-state index in [2.05, 4.69) is 0 Å². The lowest BCUT2D eigenvalue weighted by atomic mass is 10.1. The van der Waals surface area contributed by atoms with Crippen molar-refractivity contribution in [2.24, 2.45) is 5.73 Å². The highest BCUT2D eigenvalue weighted by Crippen LogP contribution is 2.28. The maximum Gasteiger partial charge on any atom is 0.0805 e. The normalized spacial score (nSPS) is 12.9. The predicted molar refractivity (Wildman–Crippen MR) is 59.7 cm³/mol. The second kappa shape index (κ2) is 5.56. The minimum atomic E-state index is -0.579. The quantitative estimate of drug-likeness (QED) is 0.841. The molecule has 0 radical (unpaired) electrons. The third kappa shape index (κ3) is 3.14. The topological polar surface area (TPSA) is 46.2 Å². The minimum absolute atomic E-state index is 0.541. The van der Waals surface area contributed by atoms with Gasteiger partial charge in [-0.25, -0.2) is 0 Å². The lowest BCUT2D eigenvalue weighted by Crippen LogP contribution is -2.04. The fourth-order valence-corrected chi connectivity index (χ4v) is 1.66. The summed E-state index contributed by atoms with van der Waals surface area (Å²) >= 11 is 11.7. The first-order valence-electron chi connectivity index (χ1n) is 4.48. The van der Waals surface area contributed by atoms with Crippen LogP contribution in [0.2, 0.25) is 10.0 Å². The van der Waals surface area contributed by atoms with Crippen molar-refractivity contribution in [1.29, 1.82) is 0 Å². The molecule has 0 aliphatic carbocycles. The Hall–Kier alpha value is -0.280. The van der Waals surface area contributed by atoms with E-state index in [1.165, 1.54) is 0 Å². The van der Waals surface area contributed by atoms with Crippen LogP contribution in [0, 0.1) is 0 Å². The van der Waals surface area contributed by atoms with E-state index in [-0.39, 0.29) is 0 Å². The number of hydrogen-bond donors (Lipinski definition) is 2. The Bertz CT molecular complexity index is 304. The summed E-state index contributed by atoms with van der Waals surface area (Å²) in [4.78, 5) is 0. The summed E-state index contributed by atoms with van der Waals surface area (Å²) in [5, 5.41) is 10.9. The summed E-state index contributed by atoms with van der Waals surface area (Å²) in [6.45, 7) is 0.565. The highest BCUT2D eigenvalue weighted by Gasteiger charge is 2.11. The van der Waals surface area contributed by atoms with Gasteiger partial charge in [-0.1, -0.05) is 23.2 Å². The number of benzene rings is 1. The first kappa shape index (κ1) is 11.8. The van der Waals surface area contributed by atoms with Gasteiger partial charge in [0.2, 0.25) is 0 Å².